The van der Waals surface area contributed by atoms with Crippen LogP contribution in [0.15, 0.2) is 0 Å². The van der Waals surface area contributed by atoms with Crippen molar-refractivity contribution in [3.63, 3.8) is 0 Å². The van der Waals surface area contributed by atoms with Gasteiger partial charge in [-0.15, -0.1) is 0 Å². The summed E-state index contributed by atoms with van der Waals surface area (Å²) in [5, 5.41) is 0. The molecular formula is C7H12N+. The fourth-order valence-corrected chi connectivity index (χ4v) is 1.80. The standard InChI is InChI=1S/C7H12N/c1-2-6(1)3-8-4-7(8)5-8/h6-7H,1-5H2/q+1. The molecule has 0 atom stereocenters. The first kappa shape index (κ1) is 3.89. The molecule has 1 heteroatoms. The van der Waals surface area contributed by atoms with E-state index < -0.39 is 0 Å². The van der Waals surface area contributed by atoms with Gasteiger partial charge in [-0.2, -0.15) is 0 Å². The lowest BCUT2D eigenvalue weighted by Crippen LogP contribution is -2.14. The van der Waals surface area contributed by atoms with E-state index in [1.54, 1.807) is 37.0 Å². The number of rotatable bonds is 2. The van der Waals surface area contributed by atoms with Crippen LogP contribution in [-0.2, 0) is 0 Å². The number of hydrogen-bond acceptors (Lipinski definition) is 0. The molecule has 8 heavy (non-hydrogen) atoms. The number of hydrogen-bond donors (Lipinski definition) is 0. The normalized spacial score (nSPS) is 57.8. The van der Waals surface area contributed by atoms with Crippen molar-refractivity contribution in [2.45, 2.75) is 18.9 Å². The van der Waals surface area contributed by atoms with Gasteiger partial charge < -0.3 is 4.48 Å². The van der Waals surface area contributed by atoms with Crippen LogP contribution in [0.3, 0.4) is 0 Å². The second-order valence-corrected chi connectivity index (χ2v) is 3.86. The molecule has 2 heterocycles. The lowest BCUT2D eigenvalue weighted by molar-refractivity contribution is -0.704. The van der Waals surface area contributed by atoms with Crippen LogP contribution in [-0.4, -0.2) is 30.2 Å². The molecule has 0 spiro atoms. The maximum Gasteiger partial charge on any atom is 0.188 e. The third-order valence-corrected chi connectivity index (χ3v) is 2.97. The summed E-state index contributed by atoms with van der Waals surface area (Å²) in [6.45, 7) is 4.66. The minimum atomic E-state index is 1.17. The Bertz CT molecular complexity index is 131. The van der Waals surface area contributed by atoms with Crippen LogP contribution in [0.5, 0.6) is 0 Å². The highest BCUT2D eigenvalue weighted by Crippen LogP contribution is 2.51. The Hall–Kier alpha value is -0.0400. The van der Waals surface area contributed by atoms with Gasteiger partial charge in [-0.25, -0.2) is 0 Å². The van der Waals surface area contributed by atoms with E-state index in [0.29, 0.717) is 0 Å². The average Bonchev–Trinajstić information content (AvgIpc) is 2.28. The lowest BCUT2D eigenvalue weighted by Gasteiger charge is -2.00. The fourth-order valence-electron chi connectivity index (χ4n) is 1.80. The molecule has 0 aromatic carbocycles. The molecule has 3 fully saturated rings. The molecule has 0 aromatic heterocycles. The molecule has 1 nitrogen and oxygen atoms in total. The van der Waals surface area contributed by atoms with Gasteiger partial charge >= 0.3 is 0 Å². The van der Waals surface area contributed by atoms with Crippen LogP contribution < -0.4 is 0 Å². The van der Waals surface area contributed by atoms with Crippen molar-refractivity contribution < 1.29 is 4.48 Å². The molecule has 0 unspecified atom stereocenters. The quantitative estimate of drug-likeness (QED) is 0.361. The van der Waals surface area contributed by atoms with E-state index in [-0.39, 0.29) is 0 Å². The molecule has 0 radical (unpaired) electrons. The van der Waals surface area contributed by atoms with Crippen molar-refractivity contribution in [3.05, 3.63) is 0 Å². The molecule has 0 N–H and O–H groups in total. The van der Waals surface area contributed by atoms with Gasteiger partial charge in [0.2, 0.25) is 0 Å². The summed E-state index contributed by atoms with van der Waals surface area (Å²) in [6.07, 6.45) is 3.10. The van der Waals surface area contributed by atoms with Gasteiger partial charge in [-0.1, -0.05) is 0 Å². The molecular weight excluding hydrogens is 98.1 g/mol. The Morgan fingerprint density at radius 3 is 2.25 bits per heavy atom. The molecule has 2 aliphatic heterocycles. The van der Waals surface area contributed by atoms with Crippen molar-refractivity contribution in [2.24, 2.45) is 5.92 Å². The zero-order valence-electron chi connectivity index (χ0n) is 5.14. The zero-order chi connectivity index (χ0) is 5.19. The second-order valence-electron chi connectivity index (χ2n) is 3.86. The largest absolute Gasteiger partial charge is 0.301 e. The Balaban J connectivity index is 1.67. The third kappa shape index (κ3) is 0.368. The first-order chi connectivity index (χ1) is 3.89. The van der Waals surface area contributed by atoms with E-state index in [1.165, 1.54) is 12.0 Å². The monoisotopic (exact) mass is 110 g/mol. The molecule has 3 aliphatic rings. The highest BCUT2D eigenvalue weighted by molar-refractivity contribution is 4.92. The maximum absolute atomic E-state index is 1.56. The summed E-state index contributed by atoms with van der Waals surface area (Å²) >= 11 is 0. The van der Waals surface area contributed by atoms with E-state index in [4.69, 9.17) is 0 Å². The van der Waals surface area contributed by atoms with Gasteiger partial charge in [0.25, 0.3) is 0 Å². The van der Waals surface area contributed by atoms with Crippen molar-refractivity contribution in [2.75, 3.05) is 19.6 Å². The average molecular weight is 110 g/mol. The summed E-state index contributed by atoms with van der Waals surface area (Å²) in [4.78, 5) is 0. The van der Waals surface area contributed by atoms with Gasteiger partial charge in [0.15, 0.2) is 6.04 Å². The molecule has 2 saturated heterocycles. The van der Waals surface area contributed by atoms with E-state index in [1.807, 2.05) is 0 Å². The SMILES string of the molecule is C1CC1C[N+]12CC1C2. The van der Waals surface area contributed by atoms with Gasteiger partial charge in [-0.05, 0) is 12.8 Å². The molecule has 0 amide bonds. The number of fused-ring (bicyclic) bond motifs is 1. The third-order valence-electron chi connectivity index (χ3n) is 2.97. The van der Waals surface area contributed by atoms with E-state index >= 15 is 0 Å². The van der Waals surface area contributed by atoms with E-state index in [2.05, 4.69) is 0 Å². The smallest absolute Gasteiger partial charge is 0.188 e. The van der Waals surface area contributed by atoms with Crippen molar-refractivity contribution in [3.8, 4) is 0 Å². The summed E-state index contributed by atoms with van der Waals surface area (Å²) in [7, 11) is 0. The molecule has 0 bridgehead atoms. The fraction of sp³-hybridized carbons (Fsp3) is 1.00. The summed E-state index contributed by atoms with van der Waals surface area (Å²) in [6, 6.07) is 1.18. The van der Waals surface area contributed by atoms with Crippen LogP contribution in [0, 0.1) is 5.92 Å². The van der Waals surface area contributed by atoms with E-state index in [9.17, 15) is 0 Å². The minimum absolute atomic E-state index is 1.17. The Kier molecular flexibility index (Phi) is 0.418. The molecule has 3 rings (SSSR count). The van der Waals surface area contributed by atoms with Crippen molar-refractivity contribution in [1.29, 1.82) is 0 Å². The number of quaternary nitrogens is 1. The highest BCUT2D eigenvalue weighted by atomic mass is 15.6. The highest BCUT2D eigenvalue weighted by Gasteiger charge is 2.73. The predicted octanol–water partition coefficient (Wildman–Crippen LogP) is 0.609. The summed E-state index contributed by atoms with van der Waals surface area (Å²) in [5.74, 6) is 1.17. The van der Waals surface area contributed by atoms with Gasteiger partial charge in [0.05, 0.1) is 6.54 Å². The van der Waals surface area contributed by atoms with Crippen LogP contribution in [0.25, 0.3) is 0 Å². The minimum Gasteiger partial charge on any atom is -0.301 e. The number of nitrogens with zero attached hydrogens (tertiary/aromatic N) is 1. The van der Waals surface area contributed by atoms with Gasteiger partial charge in [0.1, 0.15) is 13.1 Å². The Morgan fingerprint density at radius 2 is 1.88 bits per heavy atom. The van der Waals surface area contributed by atoms with Crippen LogP contribution in [0.2, 0.25) is 0 Å². The summed E-state index contributed by atoms with van der Waals surface area (Å²) in [5.41, 5.74) is 0. The summed E-state index contributed by atoms with van der Waals surface area (Å²) < 4.78 is 1.56. The maximum atomic E-state index is 1.56. The van der Waals surface area contributed by atoms with Gasteiger partial charge in [-0.3, -0.25) is 0 Å². The van der Waals surface area contributed by atoms with Crippen molar-refractivity contribution >= 4 is 0 Å². The first-order valence-corrected chi connectivity index (χ1v) is 3.75. The Labute approximate surface area is 49.9 Å². The Morgan fingerprint density at radius 1 is 1.25 bits per heavy atom. The van der Waals surface area contributed by atoms with Crippen LogP contribution in [0.1, 0.15) is 12.8 Å². The van der Waals surface area contributed by atoms with Crippen LogP contribution >= 0.6 is 0 Å². The lowest BCUT2D eigenvalue weighted by atomic mass is 10.4. The zero-order valence-corrected chi connectivity index (χ0v) is 5.14. The molecule has 44 valence electrons. The second kappa shape index (κ2) is 0.860. The van der Waals surface area contributed by atoms with Gasteiger partial charge in [0, 0.05) is 5.92 Å². The predicted molar refractivity (Wildman–Crippen MR) is 31.4 cm³/mol. The topological polar surface area (TPSA) is 0 Å². The first-order valence-electron chi connectivity index (χ1n) is 3.75. The van der Waals surface area contributed by atoms with Crippen LogP contribution in [0.4, 0.5) is 0 Å². The molecule has 1 saturated carbocycles. The molecule has 0 aromatic rings. The van der Waals surface area contributed by atoms with Crippen molar-refractivity contribution in [1.82, 2.24) is 0 Å². The van der Waals surface area contributed by atoms with E-state index in [0.717, 1.165) is 0 Å². The molecule has 1 aliphatic carbocycles.